The smallest absolute Gasteiger partial charge is 0.129 e. The summed E-state index contributed by atoms with van der Waals surface area (Å²) in [5.74, 6) is 0.716. The van der Waals surface area contributed by atoms with Crippen LogP contribution in [0, 0.1) is 26.6 Å². The van der Waals surface area contributed by atoms with Crippen molar-refractivity contribution in [3.8, 4) is 5.75 Å². The Kier molecular flexibility index (Phi) is 4.86. The van der Waals surface area contributed by atoms with Crippen LogP contribution in [0.15, 0.2) is 24.3 Å². The second-order valence-corrected chi connectivity index (χ2v) is 8.59. The number of aryl methyl sites for hydroxylation is 3. The van der Waals surface area contributed by atoms with Gasteiger partial charge in [0.25, 0.3) is 0 Å². The predicted octanol–water partition coefficient (Wildman–Crippen LogP) is 4.97. The quantitative estimate of drug-likeness (QED) is 0.636. The summed E-state index contributed by atoms with van der Waals surface area (Å²) in [5, 5.41) is 0.965. The topological polar surface area (TPSA) is 38.2 Å². The zero-order valence-corrected chi connectivity index (χ0v) is 16.9. The molecule has 4 rings (SSSR count). The van der Waals surface area contributed by atoms with Gasteiger partial charge >= 0.3 is 0 Å². The molecule has 4 nitrogen and oxygen atoms in total. The Morgan fingerprint density at radius 3 is 2.63 bits per heavy atom. The Labute approximate surface area is 163 Å². The Balaban J connectivity index is 1.49. The fourth-order valence-electron chi connectivity index (χ4n) is 3.86. The number of pyridine rings is 1. The van der Waals surface area contributed by atoms with Crippen LogP contribution in [0.4, 0.5) is 4.39 Å². The molecule has 3 heterocycles. The van der Waals surface area contributed by atoms with Crippen LogP contribution in [-0.4, -0.2) is 34.1 Å². The number of nitrogens with zero attached hydrogens (tertiary/aromatic N) is 3. The van der Waals surface area contributed by atoms with E-state index in [1.165, 1.54) is 11.3 Å². The molecule has 0 spiro atoms. The Morgan fingerprint density at radius 1 is 1.15 bits per heavy atom. The van der Waals surface area contributed by atoms with Crippen LogP contribution in [0.3, 0.4) is 0 Å². The fraction of sp³-hybridized carbons (Fsp3) is 0.429. The first-order valence-electron chi connectivity index (χ1n) is 9.31. The first-order valence-corrected chi connectivity index (χ1v) is 10.1. The maximum atomic E-state index is 14.7. The fourth-order valence-corrected chi connectivity index (χ4v) is 4.69. The Bertz CT molecular complexity index is 967. The molecule has 1 aliphatic rings. The summed E-state index contributed by atoms with van der Waals surface area (Å²) in [7, 11) is 0. The monoisotopic (exact) mass is 385 g/mol. The van der Waals surface area contributed by atoms with Crippen LogP contribution in [0.25, 0.3) is 10.2 Å². The molecule has 0 bridgehead atoms. The number of thiazole rings is 1. The average molecular weight is 386 g/mol. The van der Waals surface area contributed by atoms with Crippen LogP contribution < -0.4 is 4.74 Å². The van der Waals surface area contributed by atoms with Crippen molar-refractivity contribution >= 4 is 21.6 Å². The molecule has 1 unspecified atom stereocenters. The summed E-state index contributed by atoms with van der Waals surface area (Å²) >= 11 is 1.53. The summed E-state index contributed by atoms with van der Waals surface area (Å²) in [5.41, 5.74) is 3.52. The van der Waals surface area contributed by atoms with Crippen LogP contribution >= 0.6 is 11.3 Å². The highest BCUT2D eigenvalue weighted by Crippen LogP contribution is 2.32. The van der Waals surface area contributed by atoms with E-state index in [4.69, 9.17) is 4.74 Å². The first kappa shape index (κ1) is 18.3. The lowest BCUT2D eigenvalue weighted by atomic mass is 10.1. The standard InChI is InChI=1S/C21H24FN3OS/c1-12-7-17(8-13(2)23-12)26-16-5-6-25(11-16)14(3)18-9-20-21(10-19(18)22)27-15(4)24-20/h7-10,14,16H,5-6,11H2,1-4H3/t14?,16-/m1/s1. The second kappa shape index (κ2) is 7.17. The molecule has 0 amide bonds. The van der Waals surface area contributed by atoms with Gasteiger partial charge in [0.05, 0.1) is 15.2 Å². The van der Waals surface area contributed by atoms with Gasteiger partial charge in [-0.25, -0.2) is 9.37 Å². The van der Waals surface area contributed by atoms with E-state index in [2.05, 4.69) is 21.8 Å². The van der Waals surface area contributed by atoms with Crippen molar-refractivity contribution in [3.63, 3.8) is 0 Å². The molecule has 1 aliphatic heterocycles. The van der Waals surface area contributed by atoms with Crippen molar-refractivity contribution in [1.29, 1.82) is 0 Å². The molecule has 2 aromatic heterocycles. The van der Waals surface area contributed by atoms with E-state index in [1.807, 2.05) is 39.0 Å². The van der Waals surface area contributed by atoms with Crippen LogP contribution in [0.2, 0.25) is 0 Å². The summed E-state index contributed by atoms with van der Waals surface area (Å²) in [6.45, 7) is 9.64. The van der Waals surface area contributed by atoms with E-state index in [-0.39, 0.29) is 18.0 Å². The third kappa shape index (κ3) is 3.82. The van der Waals surface area contributed by atoms with E-state index >= 15 is 0 Å². The molecule has 27 heavy (non-hydrogen) atoms. The molecule has 142 valence electrons. The number of hydrogen-bond acceptors (Lipinski definition) is 5. The third-order valence-corrected chi connectivity index (χ3v) is 6.08. The minimum Gasteiger partial charge on any atom is -0.489 e. The van der Waals surface area contributed by atoms with E-state index in [1.54, 1.807) is 6.07 Å². The number of benzene rings is 1. The summed E-state index contributed by atoms with van der Waals surface area (Å²) in [6, 6.07) is 7.46. The lowest BCUT2D eigenvalue weighted by molar-refractivity contribution is 0.181. The van der Waals surface area contributed by atoms with Gasteiger partial charge in [-0.1, -0.05) is 0 Å². The van der Waals surface area contributed by atoms with E-state index in [9.17, 15) is 4.39 Å². The van der Waals surface area contributed by atoms with Gasteiger partial charge in [-0.3, -0.25) is 9.88 Å². The molecule has 6 heteroatoms. The van der Waals surface area contributed by atoms with Crippen molar-refractivity contribution in [2.24, 2.45) is 0 Å². The van der Waals surface area contributed by atoms with Crippen LogP contribution in [-0.2, 0) is 0 Å². The number of fused-ring (bicyclic) bond motifs is 1. The SMILES string of the molecule is Cc1cc(O[C@@H]2CCN(C(C)c3cc4nc(C)sc4cc3F)C2)cc(C)n1. The second-order valence-electron chi connectivity index (χ2n) is 7.36. The van der Waals surface area contributed by atoms with Crippen molar-refractivity contribution in [3.05, 3.63) is 52.0 Å². The van der Waals surface area contributed by atoms with Gasteiger partial charge in [0, 0.05) is 48.2 Å². The zero-order chi connectivity index (χ0) is 19.1. The van der Waals surface area contributed by atoms with Crippen molar-refractivity contribution in [1.82, 2.24) is 14.9 Å². The normalized spacial score (nSPS) is 18.9. The van der Waals surface area contributed by atoms with Gasteiger partial charge in [0.2, 0.25) is 0 Å². The molecule has 1 saturated heterocycles. The lowest BCUT2D eigenvalue weighted by Gasteiger charge is -2.25. The van der Waals surface area contributed by atoms with Crippen LogP contribution in [0.5, 0.6) is 5.75 Å². The highest BCUT2D eigenvalue weighted by molar-refractivity contribution is 7.18. The summed E-state index contributed by atoms with van der Waals surface area (Å²) in [4.78, 5) is 11.2. The van der Waals surface area contributed by atoms with Gasteiger partial charge in [-0.05, 0) is 46.2 Å². The van der Waals surface area contributed by atoms with Crippen LogP contribution in [0.1, 0.15) is 41.3 Å². The largest absolute Gasteiger partial charge is 0.489 e. The summed E-state index contributed by atoms with van der Waals surface area (Å²) < 4.78 is 21.8. The van der Waals surface area contributed by atoms with Crippen molar-refractivity contribution in [2.75, 3.05) is 13.1 Å². The van der Waals surface area contributed by atoms with Gasteiger partial charge in [0.15, 0.2) is 0 Å². The number of rotatable bonds is 4. The number of likely N-dealkylation sites (tertiary alicyclic amines) is 1. The molecule has 0 saturated carbocycles. The minimum atomic E-state index is -0.150. The number of hydrogen-bond donors (Lipinski definition) is 0. The minimum absolute atomic E-state index is 0.00841. The number of aromatic nitrogens is 2. The van der Waals surface area contributed by atoms with Gasteiger partial charge in [-0.2, -0.15) is 0 Å². The summed E-state index contributed by atoms with van der Waals surface area (Å²) in [6.07, 6.45) is 1.05. The molecule has 0 aliphatic carbocycles. The molecule has 1 fully saturated rings. The average Bonchev–Trinajstić information content (AvgIpc) is 3.18. The molecular weight excluding hydrogens is 361 g/mol. The molecular formula is C21H24FN3OS. The molecule has 2 atom stereocenters. The van der Waals surface area contributed by atoms with Crippen molar-refractivity contribution in [2.45, 2.75) is 46.3 Å². The van der Waals surface area contributed by atoms with Crippen molar-refractivity contribution < 1.29 is 9.13 Å². The van der Waals surface area contributed by atoms with Gasteiger partial charge in [0.1, 0.15) is 17.7 Å². The first-order chi connectivity index (χ1) is 12.9. The highest BCUT2D eigenvalue weighted by Gasteiger charge is 2.29. The maximum absolute atomic E-state index is 14.7. The molecule has 3 aromatic rings. The predicted molar refractivity (Wildman–Crippen MR) is 107 cm³/mol. The lowest BCUT2D eigenvalue weighted by Crippen LogP contribution is -2.28. The van der Waals surface area contributed by atoms with E-state index < -0.39 is 0 Å². The van der Waals surface area contributed by atoms with E-state index in [0.29, 0.717) is 5.56 Å². The molecule has 1 aromatic carbocycles. The zero-order valence-electron chi connectivity index (χ0n) is 16.1. The molecule has 0 radical (unpaired) electrons. The Hall–Kier alpha value is -2.05. The van der Waals surface area contributed by atoms with E-state index in [0.717, 1.165) is 51.9 Å². The number of ether oxygens (including phenoxy) is 1. The molecule has 0 N–H and O–H groups in total. The highest BCUT2D eigenvalue weighted by atomic mass is 32.1. The van der Waals surface area contributed by atoms with Gasteiger partial charge in [-0.15, -0.1) is 11.3 Å². The maximum Gasteiger partial charge on any atom is 0.129 e. The van der Waals surface area contributed by atoms with Gasteiger partial charge < -0.3 is 4.74 Å². The third-order valence-electron chi connectivity index (χ3n) is 5.15. The number of halogens is 1. The Morgan fingerprint density at radius 2 is 1.89 bits per heavy atom.